The van der Waals surface area contributed by atoms with E-state index in [-0.39, 0.29) is 5.91 Å². The lowest BCUT2D eigenvalue weighted by Gasteiger charge is -2.32. The fraction of sp³-hybridized carbons (Fsp3) is 0.875. The van der Waals surface area contributed by atoms with Crippen molar-refractivity contribution >= 4 is 15.9 Å². The van der Waals surface area contributed by atoms with Crippen molar-refractivity contribution in [1.29, 1.82) is 0 Å². The first-order chi connectivity index (χ1) is 6.89. The number of nitrogens with zero attached hydrogens (tertiary/aromatic N) is 2. The number of carbonyl (C=O) groups excluding carboxylic acids is 1. The minimum absolute atomic E-state index is 0.319. The molecule has 15 heavy (non-hydrogen) atoms. The van der Waals surface area contributed by atoms with Gasteiger partial charge in [0.05, 0.1) is 6.26 Å². The number of rotatable bonds is 4. The van der Waals surface area contributed by atoms with Crippen molar-refractivity contribution in [3.8, 4) is 0 Å². The number of nitrogens with two attached hydrogens (primary N) is 1. The Bertz CT molecular complexity index is 320. The fourth-order valence-corrected chi connectivity index (χ4v) is 2.38. The number of amides is 1. The lowest BCUT2D eigenvalue weighted by atomic mass is 10.3. The van der Waals surface area contributed by atoms with Crippen molar-refractivity contribution in [1.82, 2.24) is 9.21 Å². The summed E-state index contributed by atoms with van der Waals surface area (Å²) < 4.78 is 23.8. The molecule has 0 radical (unpaired) electrons. The lowest BCUT2D eigenvalue weighted by Crippen LogP contribution is -2.48. The maximum Gasteiger partial charge on any atom is 0.218 e. The third kappa shape index (κ3) is 4.15. The van der Waals surface area contributed by atoms with Crippen molar-refractivity contribution in [2.75, 3.05) is 39.0 Å². The number of hydrogen-bond donors (Lipinski definition) is 1. The zero-order valence-electron chi connectivity index (χ0n) is 8.85. The molecular weight excluding hydrogens is 218 g/mol. The van der Waals surface area contributed by atoms with Gasteiger partial charge in [-0.2, -0.15) is 4.31 Å². The maximum atomic E-state index is 11.2. The van der Waals surface area contributed by atoms with Crippen LogP contribution in [-0.4, -0.2) is 62.5 Å². The molecule has 0 saturated carbocycles. The number of primary amides is 1. The SMILES string of the molecule is CS(=O)(=O)N1CCN(CCC(N)=O)CC1. The van der Waals surface area contributed by atoms with Crippen LogP contribution in [0, 0.1) is 0 Å². The van der Waals surface area contributed by atoms with Crippen LogP contribution in [-0.2, 0) is 14.8 Å². The normalized spacial score (nSPS) is 20.3. The zero-order valence-corrected chi connectivity index (χ0v) is 9.66. The molecule has 88 valence electrons. The molecule has 2 N–H and O–H groups in total. The average Bonchev–Trinajstić information content (AvgIpc) is 2.14. The van der Waals surface area contributed by atoms with E-state index in [4.69, 9.17) is 5.73 Å². The molecule has 0 spiro atoms. The average molecular weight is 235 g/mol. The minimum atomic E-state index is -3.07. The van der Waals surface area contributed by atoms with Gasteiger partial charge in [0.2, 0.25) is 15.9 Å². The van der Waals surface area contributed by atoms with Gasteiger partial charge in [0, 0.05) is 39.1 Å². The van der Waals surface area contributed by atoms with Crippen LogP contribution in [0.3, 0.4) is 0 Å². The summed E-state index contributed by atoms with van der Waals surface area (Å²) in [7, 11) is -3.07. The number of piperazine rings is 1. The standard InChI is InChI=1S/C8H17N3O3S/c1-15(13,14)11-6-4-10(5-7-11)3-2-8(9)12/h2-7H2,1H3,(H2,9,12). The predicted octanol–water partition coefficient (Wildman–Crippen LogP) is -1.56. The fourth-order valence-electron chi connectivity index (χ4n) is 1.55. The third-order valence-electron chi connectivity index (χ3n) is 2.47. The Morgan fingerprint density at radius 1 is 1.27 bits per heavy atom. The molecule has 1 aliphatic heterocycles. The second-order valence-corrected chi connectivity index (χ2v) is 5.70. The van der Waals surface area contributed by atoms with E-state index in [0.717, 1.165) is 0 Å². The van der Waals surface area contributed by atoms with E-state index in [9.17, 15) is 13.2 Å². The van der Waals surface area contributed by atoms with Crippen molar-refractivity contribution in [2.45, 2.75) is 6.42 Å². The molecule has 0 aromatic rings. The molecule has 6 nitrogen and oxygen atoms in total. The summed E-state index contributed by atoms with van der Waals surface area (Å²) in [6, 6.07) is 0. The minimum Gasteiger partial charge on any atom is -0.370 e. The molecule has 1 heterocycles. The Labute approximate surface area is 90.1 Å². The molecule has 0 aliphatic carbocycles. The second-order valence-electron chi connectivity index (χ2n) is 3.72. The third-order valence-corrected chi connectivity index (χ3v) is 3.78. The van der Waals surface area contributed by atoms with Gasteiger partial charge in [-0.25, -0.2) is 8.42 Å². The molecule has 1 amide bonds. The van der Waals surface area contributed by atoms with Crippen LogP contribution in [0.5, 0.6) is 0 Å². The summed E-state index contributed by atoms with van der Waals surface area (Å²) in [5, 5.41) is 0. The van der Waals surface area contributed by atoms with Crippen molar-refractivity contribution in [3.63, 3.8) is 0 Å². The predicted molar refractivity (Wildman–Crippen MR) is 56.7 cm³/mol. The Balaban J connectivity index is 2.33. The number of hydrogen-bond acceptors (Lipinski definition) is 4. The van der Waals surface area contributed by atoms with E-state index < -0.39 is 10.0 Å². The largest absolute Gasteiger partial charge is 0.370 e. The molecule has 0 bridgehead atoms. The lowest BCUT2D eigenvalue weighted by molar-refractivity contribution is -0.118. The highest BCUT2D eigenvalue weighted by Crippen LogP contribution is 2.05. The van der Waals surface area contributed by atoms with Gasteiger partial charge in [0.25, 0.3) is 0 Å². The highest BCUT2D eigenvalue weighted by molar-refractivity contribution is 7.88. The molecule has 0 aromatic heterocycles. The molecule has 1 saturated heterocycles. The Morgan fingerprint density at radius 3 is 2.20 bits per heavy atom. The molecule has 1 rings (SSSR count). The number of carbonyl (C=O) groups is 1. The van der Waals surface area contributed by atoms with Gasteiger partial charge >= 0.3 is 0 Å². The molecule has 1 fully saturated rings. The Morgan fingerprint density at radius 2 is 1.80 bits per heavy atom. The summed E-state index contributed by atoms with van der Waals surface area (Å²) >= 11 is 0. The van der Waals surface area contributed by atoms with Crippen molar-refractivity contribution in [3.05, 3.63) is 0 Å². The van der Waals surface area contributed by atoms with Crippen molar-refractivity contribution in [2.24, 2.45) is 5.73 Å². The van der Waals surface area contributed by atoms with E-state index in [1.165, 1.54) is 10.6 Å². The zero-order chi connectivity index (χ0) is 11.5. The van der Waals surface area contributed by atoms with E-state index in [2.05, 4.69) is 0 Å². The van der Waals surface area contributed by atoms with Crippen LogP contribution in [0.4, 0.5) is 0 Å². The van der Waals surface area contributed by atoms with Gasteiger partial charge in [0.1, 0.15) is 0 Å². The van der Waals surface area contributed by atoms with Crippen molar-refractivity contribution < 1.29 is 13.2 Å². The van der Waals surface area contributed by atoms with Crippen LogP contribution in [0.2, 0.25) is 0 Å². The second kappa shape index (κ2) is 4.91. The van der Waals surface area contributed by atoms with Gasteiger partial charge in [-0.05, 0) is 0 Å². The summed E-state index contributed by atoms with van der Waals surface area (Å²) in [6.07, 6.45) is 1.55. The van der Waals surface area contributed by atoms with Gasteiger partial charge in [-0.15, -0.1) is 0 Å². The summed E-state index contributed by atoms with van der Waals surface area (Å²) in [5.41, 5.74) is 5.03. The molecule has 1 aliphatic rings. The first-order valence-electron chi connectivity index (χ1n) is 4.85. The van der Waals surface area contributed by atoms with Gasteiger partial charge in [-0.1, -0.05) is 0 Å². The van der Waals surface area contributed by atoms with Gasteiger partial charge < -0.3 is 10.6 Å². The maximum absolute atomic E-state index is 11.2. The topological polar surface area (TPSA) is 83.7 Å². The van der Waals surface area contributed by atoms with Crippen LogP contribution < -0.4 is 5.73 Å². The van der Waals surface area contributed by atoms with E-state index in [1.54, 1.807) is 0 Å². The van der Waals surface area contributed by atoms with Gasteiger partial charge in [-0.3, -0.25) is 4.79 Å². The van der Waals surface area contributed by atoms with Crippen LogP contribution in [0.15, 0.2) is 0 Å². The number of sulfonamides is 1. The Hall–Kier alpha value is -0.660. The van der Waals surface area contributed by atoms with E-state index in [0.29, 0.717) is 39.1 Å². The first-order valence-corrected chi connectivity index (χ1v) is 6.70. The molecule has 0 aromatic carbocycles. The highest BCUT2D eigenvalue weighted by Gasteiger charge is 2.22. The summed E-state index contributed by atoms with van der Waals surface area (Å²) in [6.45, 7) is 2.95. The summed E-state index contributed by atoms with van der Waals surface area (Å²) in [4.78, 5) is 12.6. The summed E-state index contributed by atoms with van der Waals surface area (Å²) in [5.74, 6) is -0.319. The van der Waals surface area contributed by atoms with E-state index in [1.807, 2.05) is 4.90 Å². The molecule has 0 unspecified atom stereocenters. The smallest absolute Gasteiger partial charge is 0.218 e. The van der Waals surface area contributed by atoms with Crippen LogP contribution in [0.1, 0.15) is 6.42 Å². The van der Waals surface area contributed by atoms with Crippen LogP contribution in [0.25, 0.3) is 0 Å². The quantitative estimate of drug-likeness (QED) is 0.638. The Kier molecular flexibility index (Phi) is 4.06. The first kappa shape index (κ1) is 12.4. The molecular formula is C8H17N3O3S. The van der Waals surface area contributed by atoms with E-state index >= 15 is 0 Å². The van der Waals surface area contributed by atoms with Crippen LogP contribution >= 0.6 is 0 Å². The molecule has 0 atom stereocenters. The monoisotopic (exact) mass is 235 g/mol. The van der Waals surface area contributed by atoms with Gasteiger partial charge in [0.15, 0.2) is 0 Å². The highest BCUT2D eigenvalue weighted by atomic mass is 32.2. The molecule has 7 heteroatoms.